The summed E-state index contributed by atoms with van der Waals surface area (Å²) in [6.07, 6.45) is 2.61. The van der Waals surface area contributed by atoms with Crippen LogP contribution < -0.4 is 0 Å². The number of rotatable bonds is 31. The van der Waals surface area contributed by atoms with Gasteiger partial charge in [-0.2, -0.15) is 0 Å². The van der Waals surface area contributed by atoms with Crippen molar-refractivity contribution in [3.05, 3.63) is 0 Å². The summed E-state index contributed by atoms with van der Waals surface area (Å²) in [5, 5.41) is 50.1. The monoisotopic (exact) mass is 894 g/mol. The highest BCUT2D eigenvalue weighted by atomic mass is 16.6. The lowest BCUT2D eigenvalue weighted by Gasteiger charge is -2.03. The van der Waals surface area contributed by atoms with Crippen molar-refractivity contribution >= 4 is 83.6 Å². The molecule has 0 spiro atoms. The van der Waals surface area contributed by atoms with Crippen LogP contribution in [0.4, 0.5) is 0 Å². The highest BCUT2D eigenvalue weighted by Gasteiger charge is 2.16. The largest absolute Gasteiger partial charge is 0.481 e. The van der Waals surface area contributed by atoms with E-state index in [1.54, 1.807) is 0 Å². The molecule has 0 amide bonds. The van der Waals surface area contributed by atoms with Crippen LogP contribution in [0.3, 0.4) is 0 Å². The van der Waals surface area contributed by atoms with E-state index in [1.165, 1.54) is 0 Å². The molecule has 350 valence electrons. The van der Waals surface area contributed by atoms with Gasteiger partial charge in [0.15, 0.2) is 0 Å². The molecule has 0 heterocycles. The van der Waals surface area contributed by atoms with Gasteiger partial charge in [0.2, 0.25) is 0 Å². The van der Waals surface area contributed by atoms with Crippen molar-refractivity contribution in [2.75, 3.05) is 0 Å². The number of ether oxygens (including phenoxy) is 4. The number of unbranched alkanes of at least 4 members (excludes halogenated alkanes) is 7. The Morgan fingerprint density at radius 3 is 0.516 bits per heavy atom. The molecule has 0 rings (SSSR count). The first-order chi connectivity index (χ1) is 29.0. The number of carboxylic acid groups (broad SMARTS) is 6. The fourth-order valence-electron chi connectivity index (χ4n) is 4.09. The minimum atomic E-state index is -1.18. The normalized spacial score (nSPS) is 9.87. The Balaban J connectivity index is -0.000000874. The highest BCUT2D eigenvalue weighted by Crippen LogP contribution is 2.09. The van der Waals surface area contributed by atoms with Crippen LogP contribution in [0.1, 0.15) is 154 Å². The molecule has 0 aromatic rings. The lowest BCUT2D eigenvalue weighted by Crippen LogP contribution is -2.14. The minimum Gasteiger partial charge on any atom is -0.481 e. The molecule has 0 aliphatic heterocycles. The van der Waals surface area contributed by atoms with Crippen LogP contribution in [0.25, 0.3) is 0 Å². The molecule has 0 aromatic heterocycles. The third-order valence-corrected chi connectivity index (χ3v) is 7.14. The number of carbonyl (C=O) groups excluding carboxylic acids is 8. The zero-order valence-corrected chi connectivity index (χ0v) is 34.0. The van der Waals surface area contributed by atoms with E-state index in [9.17, 15) is 67.1 Å². The molecule has 0 saturated carbocycles. The molecule has 0 bridgehead atoms. The summed E-state index contributed by atoms with van der Waals surface area (Å²) >= 11 is 0. The SMILES string of the molecule is O=C(O)CCC(=O)OC(=O)CCCCC(=O)OC(=O)CCC(=O)O.O=C(O)CCC(=O)OC(=O)CCCCC(=O)OC(=O)CCC(=O)O.O=C(O)CCCCCCCCC(=O)O. The predicted molar refractivity (Wildman–Crippen MR) is 201 cm³/mol. The first-order valence-electron chi connectivity index (χ1n) is 19.3. The van der Waals surface area contributed by atoms with E-state index in [0.717, 1.165) is 38.5 Å². The summed E-state index contributed by atoms with van der Waals surface area (Å²) in [4.78, 5) is 150. The molecule has 0 radical (unpaired) electrons. The third kappa shape index (κ3) is 49.5. The Morgan fingerprint density at radius 1 is 0.194 bits per heavy atom. The van der Waals surface area contributed by atoms with Gasteiger partial charge in [0.1, 0.15) is 0 Å². The number of aliphatic carboxylic acids is 6. The number of carbonyl (C=O) groups is 14. The molecule has 24 heteroatoms. The molecule has 0 fully saturated rings. The molecule has 24 nitrogen and oxygen atoms in total. The van der Waals surface area contributed by atoms with Gasteiger partial charge in [-0.05, 0) is 38.5 Å². The maximum Gasteiger partial charge on any atom is 0.314 e. The molecule has 6 N–H and O–H groups in total. The lowest BCUT2D eigenvalue weighted by molar-refractivity contribution is -0.163. The Hall–Kier alpha value is -6.62. The number of hydrogen-bond acceptors (Lipinski definition) is 18. The lowest BCUT2D eigenvalue weighted by atomic mass is 10.1. The first-order valence-corrected chi connectivity index (χ1v) is 19.3. The van der Waals surface area contributed by atoms with E-state index < -0.39 is 135 Å². The van der Waals surface area contributed by atoms with Crippen molar-refractivity contribution in [1.82, 2.24) is 0 Å². The van der Waals surface area contributed by atoms with Gasteiger partial charge in [0.05, 0.1) is 51.4 Å². The maximum absolute atomic E-state index is 11.3. The smallest absolute Gasteiger partial charge is 0.314 e. The second-order valence-electron chi connectivity index (χ2n) is 12.8. The fraction of sp³-hybridized carbons (Fsp3) is 0.632. The zero-order valence-electron chi connectivity index (χ0n) is 34.0. The van der Waals surface area contributed by atoms with Gasteiger partial charge in [-0.3, -0.25) is 67.1 Å². The average molecular weight is 895 g/mol. The van der Waals surface area contributed by atoms with Crippen molar-refractivity contribution in [2.24, 2.45) is 0 Å². The summed E-state index contributed by atoms with van der Waals surface area (Å²) in [6, 6.07) is 0. The van der Waals surface area contributed by atoms with E-state index in [-0.39, 0.29) is 64.2 Å². The van der Waals surface area contributed by atoms with Crippen molar-refractivity contribution in [2.45, 2.75) is 154 Å². The van der Waals surface area contributed by atoms with E-state index in [0.29, 0.717) is 0 Å². The summed E-state index contributed by atoms with van der Waals surface area (Å²) < 4.78 is 17.4. The van der Waals surface area contributed by atoms with Crippen molar-refractivity contribution in [3.8, 4) is 0 Å². The summed E-state index contributed by atoms with van der Waals surface area (Å²) in [5.74, 6) is -13.3. The van der Waals surface area contributed by atoms with Crippen molar-refractivity contribution in [1.29, 1.82) is 0 Å². The number of carboxylic acids is 6. The number of hydrogen-bond donors (Lipinski definition) is 6. The molecule has 0 aliphatic rings. The Morgan fingerprint density at radius 2 is 0.339 bits per heavy atom. The Kier molecular flexibility index (Phi) is 37.1. The Labute approximate surface area is 354 Å². The summed E-state index contributed by atoms with van der Waals surface area (Å²) in [6.45, 7) is 0. The van der Waals surface area contributed by atoms with Gasteiger partial charge >= 0.3 is 83.6 Å². The average Bonchev–Trinajstić information content (AvgIpc) is 3.16. The van der Waals surface area contributed by atoms with E-state index >= 15 is 0 Å². The van der Waals surface area contributed by atoms with E-state index in [1.807, 2.05) is 0 Å². The Bertz CT molecular complexity index is 1320. The molecule has 0 saturated heterocycles. The minimum absolute atomic E-state index is 0.154. The van der Waals surface area contributed by atoms with Gasteiger partial charge in [-0.15, -0.1) is 0 Å². The van der Waals surface area contributed by atoms with Crippen molar-refractivity contribution < 1.29 is 117 Å². The predicted octanol–water partition coefficient (Wildman–Crippen LogP) is 3.11. The highest BCUT2D eigenvalue weighted by molar-refractivity contribution is 5.89. The van der Waals surface area contributed by atoms with Crippen LogP contribution in [-0.2, 0) is 86.1 Å². The van der Waals surface area contributed by atoms with Crippen LogP contribution in [0.5, 0.6) is 0 Å². The molecule has 0 aliphatic carbocycles. The molecule has 0 unspecified atom stereocenters. The van der Waals surface area contributed by atoms with Gasteiger partial charge in [0, 0.05) is 38.5 Å². The van der Waals surface area contributed by atoms with Crippen LogP contribution in [0.15, 0.2) is 0 Å². The third-order valence-electron chi connectivity index (χ3n) is 7.14. The summed E-state index contributed by atoms with van der Waals surface area (Å²) in [5.41, 5.74) is 0. The van der Waals surface area contributed by atoms with Crippen LogP contribution >= 0.6 is 0 Å². The second-order valence-corrected chi connectivity index (χ2v) is 12.8. The van der Waals surface area contributed by atoms with Crippen LogP contribution in [0, 0.1) is 0 Å². The van der Waals surface area contributed by atoms with Gasteiger partial charge < -0.3 is 49.6 Å². The summed E-state index contributed by atoms with van der Waals surface area (Å²) in [7, 11) is 0. The molecule has 0 atom stereocenters. The molecular weight excluding hydrogens is 840 g/mol. The van der Waals surface area contributed by atoms with E-state index in [4.69, 9.17) is 30.6 Å². The first kappa shape index (κ1) is 59.7. The molecule has 62 heavy (non-hydrogen) atoms. The van der Waals surface area contributed by atoms with E-state index in [2.05, 4.69) is 18.9 Å². The van der Waals surface area contributed by atoms with Crippen molar-refractivity contribution in [3.63, 3.8) is 0 Å². The standard InChI is InChI=1S/2C14H18O10.C10H18O4/c2*15-9(16)5-7-13(21)23-11(19)3-1-2-4-12(20)24-14(22)8-6-10(17)18;11-9(12)7-5-3-1-2-4-6-8-10(13)14/h2*1-8H2,(H,15,16)(H,17,18);1-8H2,(H,11,12)(H,13,14). The van der Waals surface area contributed by atoms with Gasteiger partial charge in [-0.25, -0.2) is 0 Å². The maximum atomic E-state index is 11.3. The molecular formula is C38H54O24. The fourth-order valence-corrected chi connectivity index (χ4v) is 4.09. The molecule has 0 aromatic carbocycles. The van der Waals surface area contributed by atoms with Gasteiger partial charge in [0.25, 0.3) is 0 Å². The quantitative estimate of drug-likeness (QED) is 0.0252. The number of esters is 8. The van der Waals surface area contributed by atoms with Crippen LogP contribution in [-0.4, -0.2) is 114 Å². The topological polar surface area (TPSA) is 397 Å². The van der Waals surface area contributed by atoms with Gasteiger partial charge in [-0.1, -0.05) is 25.7 Å². The second kappa shape index (κ2) is 38.6. The zero-order chi connectivity index (χ0) is 47.9. The van der Waals surface area contributed by atoms with Crippen LogP contribution in [0.2, 0.25) is 0 Å².